The van der Waals surface area contributed by atoms with Crippen LogP contribution in [0.15, 0.2) is 29.2 Å². The van der Waals surface area contributed by atoms with Gasteiger partial charge in [0, 0.05) is 43.8 Å². The second kappa shape index (κ2) is 9.09. The van der Waals surface area contributed by atoms with Gasteiger partial charge < -0.3 is 15.0 Å². The maximum absolute atomic E-state index is 13.1. The van der Waals surface area contributed by atoms with Crippen LogP contribution in [0.1, 0.15) is 38.1 Å². The molecule has 0 aromatic heterocycles. The van der Waals surface area contributed by atoms with Crippen molar-refractivity contribution in [2.24, 2.45) is 0 Å². The minimum absolute atomic E-state index is 0. The molecule has 28 heavy (non-hydrogen) atoms. The number of sulfonamides is 1. The highest BCUT2D eigenvalue weighted by Gasteiger charge is 2.33. The van der Waals surface area contributed by atoms with Gasteiger partial charge in [0.1, 0.15) is 0 Å². The molecule has 0 bridgehead atoms. The summed E-state index contributed by atoms with van der Waals surface area (Å²) >= 11 is 0. The lowest BCUT2D eigenvalue weighted by atomic mass is 10.1. The van der Waals surface area contributed by atoms with Crippen molar-refractivity contribution in [3.8, 4) is 0 Å². The normalized spacial score (nSPS) is 29.2. The zero-order valence-corrected chi connectivity index (χ0v) is 18.4. The van der Waals surface area contributed by atoms with E-state index in [1.807, 2.05) is 32.6 Å². The molecule has 3 rings (SSSR count). The van der Waals surface area contributed by atoms with Crippen LogP contribution in [0.2, 0.25) is 0 Å². The van der Waals surface area contributed by atoms with E-state index in [4.69, 9.17) is 4.74 Å². The van der Waals surface area contributed by atoms with Crippen molar-refractivity contribution in [2.75, 3.05) is 26.2 Å². The summed E-state index contributed by atoms with van der Waals surface area (Å²) in [6, 6.07) is 6.64. The number of amides is 1. The van der Waals surface area contributed by atoms with Gasteiger partial charge in [0.05, 0.1) is 17.1 Å². The maximum Gasteiger partial charge on any atom is 0.254 e. The first kappa shape index (κ1) is 23.1. The molecule has 4 unspecified atom stereocenters. The van der Waals surface area contributed by atoms with Crippen molar-refractivity contribution < 1.29 is 17.9 Å². The van der Waals surface area contributed by atoms with Crippen molar-refractivity contribution in [3.63, 3.8) is 0 Å². The lowest BCUT2D eigenvalue weighted by Gasteiger charge is -2.38. The van der Waals surface area contributed by atoms with Gasteiger partial charge in [0.2, 0.25) is 10.0 Å². The van der Waals surface area contributed by atoms with Gasteiger partial charge in [-0.3, -0.25) is 4.79 Å². The van der Waals surface area contributed by atoms with Crippen LogP contribution in [0.4, 0.5) is 0 Å². The van der Waals surface area contributed by atoms with E-state index in [9.17, 15) is 13.2 Å². The summed E-state index contributed by atoms with van der Waals surface area (Å²) in [6.45, 7) is 9.76. The molecule has 2 heterocycles. The van der Waals surface area contributed by atoms with Gasteiger partial charge in [-0.05, 0) is 45.9 Å². The molecular formula is C19H30ClN3O4S. The number of carbonyl (C=O) groups is 1. The molecule has 0 spiro atoms. The van der Waals surface area contributed by atoms with Crippen molar-refractivity contribution >= 4 is 28.3 Å². The number of halogens is 1. The topological polar surface area (TPSA) is 79.0 Å². The monoisotopic (exact) mass is 431 g/mol. The number of carbonyl (C=O) groups excluding carboxylic acids is 1. The second-order valence-electron chi connectivity index (χ2n) is 7.59. The second-order valence-corrected chi connectivity index (χ2v) is 9.53. The Hall–Kier alpha value is -1.19. The molecule has 0 radical (unpaired) electrons. The Balaban J connectivity index is 0.00000280. The van der Waals surface area contributed by atoms with Crippen molar-refractivity contribution in [1.29, 1.82) is 0 Å². The highest BCUT2D eigenvalue weighted by atomic mass is 35.5. The minimum Gasteiger partial charge on any atom is -0.373 e. The summed E-state index contributed by atoms with van der Waals surface area (Å²) < 4.78 is 33.2. The summed E-state index contributed by atoms with van der Waals surface area (Å²) in [5, 5.41) is 3.35. The number of benzene rings is 1. The molecule has 4 atom stereocenters. The van der Waals surface area contributed by atoms with E-state index in [1.54, 1.807) is 18.2 Å². The number of nitrogens with one attached hydrogen (secondary N) is 1. The van der Waals surface area contributed by atoms with Gasteiger partial charge >= 0.3 is 0 Å². The molecule has 7 nitrogen and oxygen atoms in total. The molecule has 0 saturated carbocycles. The molecule has 2 saturated heterocycles. The van der Waals surface area contributed by atoms with E-state index in [2.05, 4.69) is 5.32 Å². The largest absolute Gasteiger partial charge is 0.373 e. The maximum atomic E-state index is 13.1. The SMILES string of the molecule is CC1CN(S(=O)(=O)c2cccc(C(=O)N3CCNC(C)C3C)c2)CC(C)O1.Cl. The number of ether oxygens (including phenoxy) is 1. The number of hydrogen-bond acceptors (Lipinski definition) is 5. The Labute approximate surface area is 173 Å². The number of piperazine rings is 1. The van der Waals surface area contributed by atoms with E-state index in [0.29, 0.717) is 25.2 Å². The minimum atomic E-state index is -3.67. The lowest BCUT2D eigenvalue weighted by molar-refractivity contribution is -0.0440. The lowest BCUT2D eigenvalue weighted by Crippen LogP contribution is -2.57. The third-order valence-electron chi connectivity index (χ3n) is 5.40. The standard InChI is InChI=1S/C19H29N3O4S.ClH/c1-13-11-21(12-14(2)26-13)27(24,25)18-7-5-6-17(10-18)19(23)22-9-8-20-15(3)16(22)4;/h5-7,10,13-16,20H,8-9,11-12H2,1-4H3;1H. The van der Waals surface area contributed by atoms with Crippen LogP contribution in [0.3, 0.4) is 0 Å². The molecule has 2 fully saturated rings. The Morgan fingerprint density at radius 2 is 1.79 bits per heavy atom. The van der Waals surface area contributed by atoms with Gasteiger partial charge in [-0.15, -0.1) is 12.4 Å². The molecule has 1 aromatic carbocycles. The first-order chi connectivity index (χ1) is 12.7. The van der Waals surface area contributed by atoms with Crippen LogP contribution in [-0.2, 0) is 14.8 Å². The summed E-state index contributed by atoms with van der Waals surface area (Å²) in [7, 11) is -3.67. The average Bonchev–Trinajstić information content (AvgIpc) is 2.63. The van der Waals surface area contributed by atoms with Crippen molar-refractivity contribution in [1.82, 2.24) is 14.5 Å². The number of morpholine rings is 1. The van der Waals surface area contributed by atoms with E-state index in [0.717, 1.165) is 6.54 Å². The van der Waals surface area contributed by atoms with Crippen LogP contribution < -0.4 is 5.32 Å². The summed E-state index contributed by atoms with van der Waals surface area (Å²) in [6.07, 6.45) is -0.312. The first-order valence-corrected chi connectivity index (χ1v) is 10.9. The first-order valence-electron chi connectivity index (χ1n) is 9.50. The number of hydrogen-bond donors (Lipinski definition) is 1. The molecular weight excluding hydrogens is 402 g/mol. The van der Waals surface area contributed by atoms with E-state index >= 15 is 0 Å². The van der Waals surface area contributed by atoms with Gasteiger partial charge in [0.25, 0.3) is 5.91 Å². The molecule has 9 heteroatoms. The Morgan fingerprint density at radius 1 is 1.14 bits per heavy atom. The molecule has 0 aliphatic carbocycles. The Morgan fingerprint density at radius 3 is 2.43 bits per heavy atom. The predicted molar refractivity (Wildman–Crippen MR) is 110 cm³/mol. The summed E-state index contributed by atoms with van der Waals surface area (Å²) in [4.78, 5) is 15.0. The highest BCUT2D eigenvalue weighted by Crippen LogP contribution is 2.23. The van der Waals surface area contributed by atoms with Gasteiger partial charge in [-0.1, -0.05) is 6.07 Å². The number of nitrogens with zero attached hydrogens (tertiary/aromatic N) is 2. The third kappa shape index (κ3) is 4.68. The molecule has 2 aliphatic rings. The summed E-state index contributed by atoms with van der Waals surface area (Å²) in [5.41, 5.74) is 0.409. The predicted octanol–water partition coefficient (Wildman–Crippen LogP) is 1.73. The molecule has 2 aliphatic heterocycles. The van der Waals surface area contributed by atoms with Crippen LogP contribution in [0.5, 0.6) is 0 Å². The van der Waals surface area contributed by atoms with Gasteiger partial charge in [-0.2, -0.15) is 4.31 Å². The van der Waals surface area contributed by atoms with Gasteiger partial charge in [0.15, 0.2) is 0 Å². The van der Waals surface area contributed by atoms with E-state index in [-0.39, 0.29) is 47.5 Å². The number of rotatable bonds is 3. The third-order valence-corrected chi connectivity index (χ3v) is 7.23. The average molecular weight is 432 g/mol. The summed E-state index contributed by atoms with van der Waals surface area (Å²) in [5.74, 6) is -0.128. The molecule has 1 amide bonds. The van der Waals surface area contributed by atoms with Gasteiger partial charge in [-0.25, -0.2) is 8.42 Å². The molecule has 158 valence electrons. The van der Waals surface area contributed by atoms with Crippen LogP contribution in [-0.4, -0.2) is 74.0 Å². The quantitative estimate of drug-likeness (QED) is 0.788. The van der Waals surface area contributed by atoms with Crippen molar-refractivity contribution in [3.05, 3.63) is 29.8 Å². The van der Waals surface area contributed by atoms with E-state index in [1.165, 1.54) is 10.4 Å². The van der Waals surface area contributed by atoms with Crippen molar-refractivity contribution in [2.45, 2.75) is 56.9 Å². The Kier molecular flexibility index (Phi) is 7.50. The zero-order valence-electron chi connectivity index (χ0n) is 16.8. The van der Waals surface area contributed by atoms with Crippen LogP contribution >= 0.6 is 12.4 Å². The van der Waals surface area contributed by atoms with Crippen LogP contribution in [0, 0.1) is 0 Å². The fraction of sp³-hybridized carbons (Fsp3) is 0.632. The smallest absolute Gasteiger partial charge is 0.254 e. The van der Waals surface area contributed by atoms with Crippen LogP contribution in [0.25, 0.3) is 0 Å². The molecule has 1 N–H and O–H groups in total. The fourth-order valence-corrected chi connectivity index (χ4v) is 5.41. The molecule has 1 aromatic rings. The fourth-order valence-electron chi connectivity index (χ4n) is 3.77. The highest BCUT2D eigenvalue weighted by molar-refractivity contribution is 7.89. The van der Waals surface area contributed by atoms with E-state index < -0.39 is 10.0 Å². The Bertz CT molecular complexity index is 794. The zero-order chi connectivity index (χ0) is 19.8.